The molecule has 3 amide bonds. The molecule has 3 atom stereocenters. The maximum absolute atomic E-state index is 14.0. The van der Waals surface area contributed by atoms with Crippen molar-refractivity contribution in [3.8, 4) is 5.75 Å². The molecule has 2 aliphatic rings. The number of hydrogen-bond donors (Lipinski definition) is 5. The Morgan fingerprint density at radius 3 is 2.63 bits per heavy atom. The van der Waals surface area contributed by atoms with Gasteiger partial charge in [-0.05, 0) is 80.3 Å². The lowest BCUT2D eigenvalue weighted by Crippen LogP contribution is -2.49. The fourth-order valence-corrected chi connectivity index (χ4v) is 6.47. The Bertz CT molecular complexity index is 1660. The molecule has 1 unspecified atom stereocenters. The van der Waals surface area contributed by atoms with Crippen LogP contribution in [-0.2, 0) is 33.0 Å². The first-order valence-corrected chi connectivity index (χ1v) is 16.9. The lowest BCUT2D eigenvalue weighted by molar-refractivity contribution is -0.137. The van der Waals surface area contributed by atoms with Crippen molar-refractivity contribution in [3.63, 3.8) is 0 Å². The van der Waals surface area contributed by atoms with Gasteiger partial charge in [0.05, 0.1) is 24.9 Å². The summed E-state index contributed by atoms with van der Waals surface area (Å²) in [6, 6.07) is 19.7. The molecule has 11 nitrogen and oxygen atoms in total. The average Bonchev–Trinajstić information content (AvgIpc) is 3.36. The fraction of sp³-hybridized carbons (Fsp3) is 0.395. The number of ether oxygens (including phenoxy) is 1. The quantitative estimate of drug-likeness (QED) is 0.114. The molecule has 0 aromatic heterocycles. The molecule has 0 fully saturated rings. The van der Waals surface area contributed by atoms with Gasteiger partial charge in [-0.1, -0.05) is 49.4 Å². The molecular weight excluding hydrogens is 624 g/mol. The lowest BCUT2D eigenvalue weighted by Gasteiger charge is -2.35. The van der Waals surface area contributed by atoms with Gasteiger partial charge in [0, 0.05) is 49.0 Å². The molecule has 5 rings (SSSR count). The zero-order valence-corrected chi connectivity index (χ0v) is 28.1. The minimum Gasteiger partial charge on any atom is -0.494 e. The highest BCUT2D eigenvalue weighted by molar-refractivity contribution is 6.09. The summed E-state index contributed by atoms with van der Waals surface area (Å²) >= 11 is 0. The Hall–Kier alpha value is -4.55. The van der Waals surface area contributed by atoms with Crippen molar-refractivity contribution < 1.29 is 34.4 Å². The molecular formula is C38H46N4O7. The second kappa shape index (κ2) is 16.2. The number of benzene rings is 3. The molecule has 3 aromatic carbocycles. The van der Waals surface area contributed by atoms with Gasteiger partial charge in [0.15, 0.2) is 5.60 Å². The van der Waals surface area contributed by atoms with Crippen LogP contribution in [0.4, 0.5) is 17.1 Å². The summed E-state index contributed by atoms with van der Waals surface area (Å²) in [5.74, 6) is -0.983. The van der Waals surface area contributed by atoms with Crippen LogP contribution < -0.4 is 20.3 Å². The first-order chi connectivity index (χ1) is 23.7. The van der Waals surface area contributed by atoms with Crippen LogP contribution >= 0.6 is 0 Å². The number of nitrogens with zero attached hydrogens (tertiary/aromatic N) is 2. The molecule has 0 saturated heterocycles. The van der Waals surface area contributed by atoms with Crippen LogP contribution in [0.15, 0.2) is 78.9 Å². The number of amides is 3. The topological polar surface area (TPSA) is 152 Å². The predicted molar refractivity (Wildman–Crippen MR) is 187 cm³/mol. The van der Waals surface area contributed by atoms with Crippen molar-refractivity contribution in [1.29, 1.82) is 0 Å². The molecule has 5 N–H and O–H groups in total. The number of aliphatic hydroxyl groups is 3. The van der Waals surface area contributed by atoms with E-state index < -0.39 is 23.5 Å². The number of hydrogen-bond acceptors (Lipinski definition) is 8. The maximum atomic E-state index is 14.0. The Balaban J connectivity index is 1.39. The summed E-state index contributed by atoms with van der Waals surface area (Å²) in [6.07, 6.45) is 5.13. The number of unbranched alkanes of at least 4 members (excludes halogenated alkanes) is 1. The van der Waals surface area contributed by atoms with E-state index in [1.165, 1.54) is 0 Å². The molecule has 11 heteroatoms. The number of anilines is 3. The van der Waals surface area contributed by atoms with Crippen molar-refractivity contribution in [2.24, 2.45) is 5.92 Å². The van der Waals surface area contributed by atoms with Crippen molar-refractivity contribution in [2.75, 3.05) is 43.1 Å². The molecule has 2 heterocycles. The van der Waals surface area contributed by atoms with E-state index in [9.17, 15) is 29.7 Å². The second-order valence-electron chi connectivity index (χ2n) is 12.4. The zero-order chi connectivity index (χ0) is 35.0. The number of carbonyl (C=O) groups is 3. The van der Waals surface area contributed by atoms with Crippen LogP contribution in [-0.4, -0.2) is 76.9 Å². The number of aliphatic hydroxyl groups excluding tert-OH is 2. The van der Waals surface area contributed by atoms with E-state index >= 15 is 0 Å². The van der Waals surface area contributed by atoms with Gasteiger partial charge in [0.25, 0.3) is 5.91 Å². The second-order valence-corrected chi connectivity index (χ2v) is 12.4. The van der Waals surface area contributed by atoms with Gasteiger partial charge in [0.1, 0.15) is 5.75 Å². The van der Waals surface area contributed by atoms with Crippen LogP contribution in [0.2, 0.25) is 0 Å². The van der Waals surface area contributed by atoms with Gasteiger partial charge in [0.2, 0.25) is 11.8 Å². The number of fused-ring (bicyclic) bond motifs is 2. The van der Waals surface area contributed by atoms with Gasteiger partial charge in [-0.15, -0.1) is 0 Å². The zero-order valence-electron chi connectivity index (χ0n) is 28.1. The average molecular weight is 671 g/mol. The van der Waals surface area contributed by atoms with Crippen molar-refractivity contribution in [1.82, 2.24) is 10.2 Å². The summed E-state index contributed by atoms with van der Waals surface area (Å²) in [6.45, 7) is 5.14. The van der Waals surface area contributed by atoms with E-state index in [1.54, 1.807) is 47.1 Å². The third kappa shape index (κ3) is 7.86. The van der Waals surface area contributed by atoms with E-state index in [2.05, 4.69) is 10.6 Å². The Labute approximate surface area is 287 Å². The van der Waals surface area contributed by atoms with Crippen molar-refractivity contribution in [2.45, 2.75) is 57.7 Å². The van der Waals surface area contributed by atoms with Gasteiger partial charge in [-0.3, -0.25) is 19.3 Å². The standard InChI is InChI=1S/C38H46N4O7/c1-3-49-30-15-17-34-28(22-30)23-33(39-18-7-8-20-43)36(46)42(34)29-14-16-32-31(24-29)38(48,37(47)40-32)26(2)10-9-13-35(45)41(19-21-44)25-27-11-5-4-6-12-27/h4-6,9-12,14-17,22,24,26,33,39,43-44,48H,3,7-8,13,18-21,23,25H2,1-2H3,(H,40,47)/b10-9+/t26-,33?,38+/m0/s1. The molecule has 0 radical (unpaired) electrons. The van der Waals surface area contributed by atoms with E-state index in [0.717, 1.165) is 17.5 Å². The summed E-state index contributed by atoms with van der Waals surface area (Å²) in [7, 11) is 0. The summed E-state index contributed by atoms with van der Waals surface area (Å²) in [4.78, 5) is 43.6. The number of carbonyl (C=O) groups excluding carboxylic acids is 3. The van der Waals surface area contributed by atoms with Crippen LogP contribution in [0.5, 0.6) is 5.75 Å². The van der Waals surface area contributed by atoms with E-state index in [4.69, 9.17) is 4.74 Å². The molecule has 2 aliphatic heterocycles. The highest BCUT2D eigenvalue weighted by atomic mass is 16.5. The van der Waals surface area contributed by atoms with Gasteiger partial charge < -0.3 is 35.6 Å². The molecule has 0 aliphatic carbocycles. The van der Waals surface area contributed by atoms with E-state index in [-0.39, 0.29) is 38.0 Å². The Morgan fingerprint density at radius 2 is 1.90 bits per heavy atom. The first kappa shape index (κ1) is 35.7. The predicted octanol–water partition coefficient (Wildman–Crippen LogP) is 3.78. The minimum atomic E-state index is -1.96. The monoisotopic (exact) mass is 670 g/mol. The van der Waals surface area contributed by atoms with Crippen molar-refractivity contribution in [3.05, 3.63) is 95.6 Å². The molecule has 0 bridgehead atoms. The third-order valence-electron chi connectivity index (χ3n) is 9.10. The normalized spacial score (nSPS) is 19.0. The van der Waals surface area contributed by atoms with Gasteiger partial charge in [-0.2, -0.15) is 0 Å². The molecule has 3 aromatic rings. The molecule has 0 saturated carbocycles. The summed E-state index contributed by atoms with van der Waals surface area (Å²) < 4.78 is 5.74. The first-order valence-electron chi connectivity index (χ1n) is 16.9. The van der Waals surface area contributed by atoms with E-state index in [1.807, 2.05) is 55.5 Å². The lowest BCUT2D eigenvalue weighted by atomic mass is 9.82. The van der Waals surface area contributed by atoms with Crippen LogP contribution in [0.1, 0.15) is 49.8 Å². The smallest absolute Gasteiger partial charge is 0.261 e. The Morgan fingerprint density at radius 1 is 1.10 bits per heavy atom. The highest BCUT2D eigenvalue weighted by Crippen LogP contribution is 2.45. The van der Waals surface area contributed by atoms with Gasteiger partial charge >= 0.3 is 0 Å². The van der Waals surface area contributed by atoms with Crippen LogP contribution in [0.25, 0.3) is 0 Å². The largest absolute Gasteiger partial charge is 0.494 e. The van der Waals surface area contributed by atoms with Gasteiger partial charge in [-0.25, -0.2) is 0 Å². The SMILES string of the molecule is CCOc1ccc2c(c1)CC(NCCCCO)C(=O)N2c1ccc2c(c1)[C@](O)([C@@H](C)/C=C/CC(=O)N(CCO)Cc1ccccc1)C(=O)N2. The van der Waals surface area contributed by atoms with E-state index in [0.29, 0.717) is 60.9 Å². The van der Waals surface area contributed by atoms with Crippen LogP contribution in [0.3, 0.4) is 0 Å². The highest BCUT2D eigenvalue weighted by Gasteiger charge is 2.49. The number of nitrogens with one attached hydrogen (secondary N) is 2. The third-order valence-corrected chi connectivity index (χ3v) is 9.10. The number of rotatable bonds is 16. The minimum absolute atomic E-state index is 0.0251. The molecule has 49 heavy (non-hydrogen) atoms. The van der Waals surface area contributed by atoms with Crippen molar-refractivity contribution >= 4 is 34.8 Å². The molecule has 260 valence electrons. The summed E-state index contributed by atoms with van der Waals surface area (Å²) in [5.41, 5.74) is 1.87. The maximum Gasteiger partial charge on any atom is 0.261 e. The summed E-state index contributed by atoms with van der Waals surface area (Å²) in [5, 5.41) is 36.9. The van der Waals surface area contributed by atoms with Crippen LogP contribution in [0, 0.1) is 5.92 Å². The Kier molecular flexibility index (Phi) is 11.8. The molecule has 0 spiro atoms. The fourth-order valence-electron chi connectivity index (χ4n) is 6.47.